The van der Waals surface area contributed by atoms with E-state index in [4.69, 9.17) is 16.7 Å². The molecule has 0 amide bonds. The van der Waals surface area contributed by atoms with Crippen LogP contribution in [0.15, 0.2) is 18.2 Å². The van der Waals surface area contributed by atoms with E-state index in [9.17, 15) is 12.8 Å². The summed E-state index contributed by atoms with van der Waals surface area (Å²) in [5.41, 5.74) is 0.0148. The van der Waals surface area contributed by atoms with Gasteiger partial charge in [0.15, 0.2) is 11.6 Å². The predicted molar refractivity (Wildman–Crippen MR) is 51.3 cm³/mol. The molecule has 0 spiro atoms. The van der Waals surface area contributed by atoms with Gasteiger partial charge in [-0.2, -0.15) is 0 Å². The van der Waals surface area contributed by atoms with Crippen LogP contribution >= 0.6 is 11.6 Å². The standard InChI is InChI=1S/C7H7ClFNO3S/c8-4-14(12,13)10-5-1-2-7(11)6(9)3-5/h1-3,10-11H,4H2. The highest BCUT2D eigenvalue weighted by Crippen LogP contribution is 2.20. The zero-order chi connectivity index (χ0) is 10.8. The molecule has 1 rings (SSSR count). The van der Waals surface area contributed by atoms with E-state index in [1.807, 2.05) is 4.72 Å². The van der Waals surface area contributed by atoms with Crippen molar-refractivity contribution >= 4 is 27.3 Å². The molecule has 14 heavy (non-hydrogen) atoms. The first-order valence-corrected chi connectivity index (χ1v) is 5.68. The molecule has 2 N–H and O–H groups in total. The third kappa shape index (κ3) is 2.74. The zero-order valence-electron chi connectivity index (χ0n) is 6.87. The fourth-order valence-electron chi connectivity index (χ4n) is 0.777. The smallest absolute Gasteiger partial charge is 0.246 e. The van der Waals surface area contributed by atoms with Crippen LogP contribution in [0.5, 0.6) is 5.75 Å². The van der Waals surface area contributed by atoms with Crippen LogP contribution in [-0.2, 0) is 10.0 Å². The summed E-state index contributed by atoms with van der Waals surface area (Å²) in [6.45, 7) is 0. The van der Waals surface area contributed by atoms with E-state index in [0.717, 1.165) is 12.1 Å². The van der Waals surface area contributed by atoms with Crippen molar-refractivity contribution in [2.45, 2.75) is 0 Å². The predicted octanol–water partition coefficient (Wildman–Crippen LogP) is 1.47. The largest absolute Gasteiger partial charge is 0.505 e. The quantitative estimate of drug-likeness (QED) is 0.620. The van der Waals surface area contributed by atoms with Crippen LogP contribution < -0.4 is 4.72 Å². The molecule has 0 radical (unpaired) electrons. The number of alkyl halides is 1. The van der Waals surface area contributed by atoms with Crippen molar-refractivity contribution in [3.63, 3.8) is 0 Å². The molecular weight excluding hydrogens is 233 g/mol. The maximum absolute atomic E-state index is 12.7. The molecule has 0 heterocycles. The van der Waals surface area contributed by atoms with Crippen LogP contribution in [0.2, 0.25) is 0 Å². The minimum atomic E-state index is -3.64. The van der Waals surface area contributed by atoms with Crippen LogP contribution in [0.3, 0.4) is 0 Å². The summed E-state index contributed by atoms with van der Waals surface area (Å²) in [7, 11) is -3.64. The maximum Gasteiger partial charge on any atom is 0.246 e. The summed E-state index contributed by atoms with van der Waals surface area (Å²) in [5.74, 6) is -1.45. The number of nitrogens with one attached hydrogen (secondary N) is 1. The molecule has 0 atom stereocenters. The van der Waals surface area contributed by atoms with Gasteiger partial charge in [0.2, 0.25) is 10.0 Å². The number of sulfonamides is 1. The second-order valence-corrected chi connectivity index (χ2v) is 4.80. The Morgan fingerprint density at radius 2 is 2.14 bits per heavy atom. The SMILES string of the molecule is O=S(=O)(CCl)Nc1ccc(O)c(F)c1. The Kier molecular flexibility index (Phi) is 3.17. The lowest BCUT2D eigenvalue weighted by atomic mass is 10.3. The molecule has 78 valence electrons. The average molecular weight is 240 g/mol. The Morgan fingerprint density at radius 1 is 1.50 bits per heavy atom. The molecule has 0 saturated carbocycles. The van der Waals surface area contributed by atoms with E-state index in [1.165, 1.54) is 6.07 Å². The number of anilines is 1. The molecule has 0 aliphatic heterocycles. The van der Waals surface area contributed by atoms with Gasteiger partial charge in [0.25, 0.3) is 0 Å². The van der Waals surface area contributed by atoms with Crippen LogP contribution in [0, 0.1) is 5.82 Å². The molecule has 1 aromatic carbocycles. The third-order valence-corrected chi connectivity index (χ3v) is 3.06. The van der Waals surface area contributed by atoms with E-state index in [2.05, 4.69) is 0 Å². The number of hydrogen-bond acceptors (Lipinski definition) is 3. The molecule has 0 fully saturated rings. The average Bonchev–Trinajstić information content (AvgIpc) is 2.11. The van der Waals surface area contributed by atoms with Gasteiger partial charge >= 0.3 is 0 Å². The summed E-state index contributed by atoms with van der Waals surface area (Å²) >= 11 is 5.12. The molecule has 0 aliphatic rings. The molecule has 0 bridgehead atoms. The van der Waals surface area contributed by atoms with E-state index >= 15 is 0 Å². The molecule has 0 aromatic heterocycles. The van der Waals surface area contributed by atoms with Gasteiger partial charge in [0.05, 0.1) is 5.69 Å². The van der Waals surface area contributed by atoms with Crippen molar-refractivity contribution in [3.8, 4) is 5.75 Å². The third-order valence-electron chi connectivity index (χ3n) is 1.36. The Bertz CT molecular complexity index is 435. The lowest BCUT2D eigenvalue weighted by Gasteiger charge is -2.05. The molecule has 4 nitrogen and oxygen atoms in total. The summed E-state index contributed by atoms with van der Waals surface area (Å²) in [5, 5.41) is 8.21. The molecule has 0 unspecified atom stereocenters. The summed E-state index contributed by atoms with van der Waals surface area (Å²) in [6, 6.07) is 3.13. The molecule has 7 heteroatoms. The number of phenolic OH excluding ortho intramolecular Hbond substituents is 1. The van der Waals surface area contributed by atoms with Crippen molar-refractivity contribution < 1.29 is 17.9 Å². The van der Waals surface area contributed by atoms with Crippen LogP contribution in [0.4, 0.5) is 10.1 Å². The molecule has 0 saturated heterocycles. The number of rotatable bonds is 3. The van der Waals surface area contributed by atoms with E-state index in [1.54, 1.807) is 0 Å². The van der Waals surface area contributed by atoms with Gasteiger partial charge < -0.3 is 5.11 Å². The van der Waals surface area contributed by atoms with Gasteiger partial charge in [0, 0.05) is 6.07 Å². The number of halogens is 2. The van der Waals surface area contributed by atoms with Gasteiger partial charge in [0.1, 0.15) is 5.21 Å². The first-order valence-electron chi connectivity index (χ1n) is 3.49. The van der Waals surface area contributed by atoms with Crippen LogP contribution in [-0.4, -0.2) is 18.7 Å². The Labute approximate surface area is 85.4 Å². The summed E-state index contributed by atoms with van der Waals surface area (Å²) in [6.07, 6.45) is 0. The lowest BCUT2D eigenvalue weighted by Crippen LogP contribution is -2.13. The summed E-state index contributed by atoms with van der Waals surface area (Å²) < 4.78 is 36.6. The Balaban J connectivity index is 2.94. The number of phenols is 1. The van der Waals surface area contributed by atoms with E-state index < -0.39 is 26.8 Å². The normalized spacial score (nSPS) is 11.3. The fourth-order valence-corrected chi connectivity index (χ4v) is 1.48. The van der Waals surface area contributed by atoms with Crippen molar-refractivity contribution in [1.82, 2.24) is 0 Å². The Hall–Kier alpha value is -1.01. The summed E-state index contributed by atoms with van der Waals surface area (Å²) in [4.78, 5) is 0. The molecular formula is C7H7ClFNO3S. The van der Waals surface area contributed by atoms with Crippen molar-refractivity contribution in [2.75, 3.05) is 9.93 Å². The number of aromatic hydroxyl groups is 1. The molecule has 0 aliphatic carbocycles. The second-order valence-electron chi connectivity index (χ2n) is 2.49. The minimum Gasteiger partial charge on any atom is -0.505 e. The maximum atomic E-state index is 12.7. The second kappa shape index (κ2) is 4.02. The van der Waals surface area contributed by atoms with E-state index in [0.29, 0.717) is 0 Å². The highest BCUT2D eigenvalue weighted by Gasteiger charge is 2.09. The monoisotopic (exact) mass is 239 g/mol. The van der Waals surface area contributed by atoms with Gasteiger partial charge in [-0.1, -0.05) is 0 Å². The minimum absolute atomic E-state index is 0.0148. The van der Waals surface area contributed by atoms with E-state index in [-0.39, 0.29) is 5.69 Å². The van der Waals surface area contributed by atoms with Crippen molar-refractivity contribution in [1.29, 1.82) is 0 Å². The number of benzene rings is 1. The van der Waals surface area contributed by atoms with Crippen molar-refractivity contribution in [3.05, 3.63) is 24.0 Å². The lowest BCUT2D eigenvalue weighted by molar-refractivity contribution is 0.432. The highest BCUT2D eigenvalue weighted by atomic mass is 35.5. The fraction of sp³-hybridized carbons (Fsp3) is 0.143. The molecule has 1 aromatic rings. The highest BCUT2D eigenvalue weighted by molar-refractivity contribution is 7.93. The van der Waals surface area contributed by atoms with Crippen LogP contribution in [0.25, 0.3) is 0 Å². The van der Waals surface area contributed by atoms with Crippen LogP contribution in [0.1, 0.15) is 0 Å². The van der Waals surface area contributed by atoms with Gasteiger partial charge in [-0.15, -0.1) is 11.6 Å². The first-order chi connectivity index (χ1) is 6.44. The van der Waals surface area contributed by atoms with Gasteiger partial charge in [-0.05, 0) is 12.1 Å². The van der Waals surface area contributed by atoms with Gasteiger partial charge in [-0.25, -0.2) is 12.8 Å². The topological polar surface area (TPSA) is 66.4 Å². The van der Waals surface area contributed by atoms with Crippen molar-refractivity contribution in [2.24, 2.45) is 0 Å². The zero-order valence-corrected chi connectivity index (χ0v) is 8.44. The first kappa shape index (κ1) is 11.1. The number of hydrogen-bond donors (Lipinski definition) is 2. The Morgan fingerprint density at radius 3 is 2.64 bits per heavy atom. The van der Waals surface area contributed by atoms with Gasteiger partial charge in [-0.3, -0.25) is 4.72 Å².